The number of hydrazone groups is 1. The van der Waals surface area contributed by atoms with Crippen molar-refractivity contribution in [3.05, 3.63) is 77.9 Å². The van der Waals surface area contributed by atoms with Gasteiger partial charge in [0.2, 0.25) is 17.6 Å². The van der Waals surface area contributed by atoms with Crippen LogP contribution in [0.3, 0.4) is 0 Å². The quantitative estimate of drug-likeness (QED) is 0.00605. The minimum Gasteiger partial charge on any atom is -0.488 e. The zero-order chi connectivity index (χ0) is 65.8. The number of nitrogens with one attached hydrogen (secondary N) is 3. The van der Waals surface area contributed by atoms with Crippen LogP contribution in [0.5, 0.6) is 11.5 Å². The van der Waals surface area contributed by atoms with Gasteiger partial charge in [0.05, 0.1) is 143 Å². The fraction of sp³-hybridized carbons (Fsp3) is 0.682. The number of hydrogen-bond acceptors (Lipinski definition) is 21. The molecule has 4 unspecified atom stereocenters. The molecule has 516 valence electrons. The van der Waals surface area contributed by atoms with Crippen molar-refractivity contribution in [3.8, 4) is 11.5 Å². The van der Waals surface area contributed by atoms with Crippen molar-refractivity contribution in [2.24, 2.45) is 33.2 Å². The van der Waals surface area contributed by atoms with Gasteiger partial charge in [0.1, 0.15) is 24.0 Å². The van der Waals surface area contributed by atoms with Crippen molar-refractivity contribution in [3.63, 3.8) is 0 Å². The maximum atomic E-state index is 14.0. The number of carbonyl (C=O) groups is 1. The number of benzene rings is 2. The molecule has 5 atom stereocenters. The van der Waals surface area contributed by atoms with Crippen molar-refractivity contribution in [2.75, 3.05) is 143 Å². The smallest absolute Gasteiger partial charge is 0.313 e. The molecule has 8 rings (SSSR count). The lowest BCUT2D eigenvalue weighted by Gasteiger charge is -2.54. The molecular formula is C66H96F5N11O11. The highest BCUT2D eigenvalue weighted by Gasteiger charge is 2.53. The van der Waals surface area contributed by atoms with Crippen LogP contribution >= 0.6 is 0 Å². The molecule has 0 amide bonds. The van der Waals surface area contributed by atoms with E-state index in [1.54, 1.807) is 12.4 Å². The van der Waals surface area contributed by atoms with Crippen LogP contribution in [0.4, 0.5) is 27.9 Å². The number of ether oxygens (including phenoxy) is 10. The van der Waals surface area contributed by atoms with Crippen molar-refractivity contribution < 1.29 is 74.1 Å². The largest absolute Gasteiger partial charge is 0.488 e. The highest BCUT2D eigenvalue weighted by Crippen LogP contribution is 2.54. The van der Waals surface area contributed by atoms with Gasteiger partial charge in [0, 0.05) is 80.9 Å². The maximum Gasteiger partial charge on any atom is 0.313 e. The molecule has 27 heteroatoms. The average Bonchev–Trinajstić information content (AvgIpc) is 1.72. The number of alkyl halides is 2. The van der Waals surface area contributed by atoms with Gasteiger partial charge in [0.15, 0.2) is 17.4 Å². The zero-order valence-corrected chi connectivity index (χ0v) is 53.9. The molecule has 3 aromatic rings. The van der Waals surface area contributed by atoms with Gasteiger partial charge < -0.3 is 68.3 Å². The van der Waals surface area contributed by atoms with Crippen LogP contribution in [0, 0.1) is 45.5 Å². The number of halogens is 5. The molecule has 22 nitrogen and oxygen atoms in total. The van der Waals surface area contributed by atoms with E-state index in [0.29, 0.717) is 159 Å². The monoisotopic (exact) mass is 1310 g/mol. The second-order valence-electron chi connectivity index (χ2n) is 24.7. The number of amidine groups is 2. The molecule has 5 fully saturated rings. The Morgan fingerprint density at radius 1 is 0.774 bits per heavy atom. The first-order valence-electron chi connectivity index (χ1n) is 32.9. The van der Waals surface area contributed by atoms with E-state index in [2.05, 4.69) is 76.0 Å². The van der Waals surface area contributed by atoms with E-state index in [4.69, 9.17) is 53.9 Å². The third kappa shape index (κ3) is 23.2. The Balaban J connectivity index is 0.583. The number of nitrogens with zero attached hydrogens (tertiary/aromatic N) is 7. The molecule has 3 saturated heterocycles. The Morgan fingerprint density at radius 3 is 1.94 bits per heavy atom. The first kappa shape index (κ1) is 72.9. The molecule has 3 aliphatic heterocycles. The molecule has 1 spiro atoms. The molecule has 2 saturated carbocycles. The minimum absolute atomic E-state index is 0.0268. The van der Waals surface area contributed by atoms with Gasteiger partial charge in [-0.05, 0) is 95.0 Å². The summed E-state index contributed by atoms with van der Waals surface area (Å²) >= 11 is 0. The van der Waals surface area contributed by atoms with Gasteiger partial charge in [-0.1, -0.05) is 30.3 Å². The van der Waals surface area contributed by atoms with E-state index in [1.165, 1.54) is 11.8 Å². The van der Waals surface area contributed by atoms with E-state index in [-0.39, 0.29) is 81.1 Å². The zero-order valence-electron chi connectivity index (χ0n) is 53.9. The lowest BCUT2D eigenvalue weighted by atomic mass is 9.57. The van der Waals surface area contributed by atoms with Gasteiger partial charge in [-0.3, -0.25) is 25.5 Å². The summed E-state index contributed by atoms with van der Waals surface area (Å²) in [5.74, 6) is 0.0333. The lowest BCUT2D eigenvalue weighted by Crippen LogP contribution is -2.56. The van der Waals surface area contributed by atoms with Gasteiger partial charge in [-0.15, -0.1) is 0 Å². The van der Waals surface area contributed by atoms with Crippen LogP contribution in [0.25, 0.3) is 0 Å². The van der Waals surface area contributed by atoms with E-state index in [9.17, 15) is 32.2 Å². The summed E-state index contributed by atoms with van der Waals surface area (Å²) in [5, 5.41) is 26.1. The minimum atomic E-state index is -2.54. The second kappa shape index (κ2) is 38.0. The summed E-state index contributed by atoms with van der Waals surface area (Å²) in [4.78, 5) is 32.3. The van der Waals surface area contributed by atoms with Crippen LogP contribution in [0.2, 0.25) is 0 Å². The molecule has 5 aliphatic rings. The topological polar surface area (TPSA) is 255 Å². The molecule has 1 aromatic heterocycles. The number of rotatable bonds is 42. The number of hydrogen-bond donors (Lipinski definition) is 4. The molecule has 93 heavy (non-hydrogen) atoms. The number of aromatic nitrogens is 2. The van der Waals surface area contributed by atoms with Crippen LogP contribution in [-0.4, -0.2) is 218 Å². The predicted octanol–water partition coefficient (Wildman–Crippen LogP) is 8.60. The third-order valence-electron chi connectivity index (χ3n) is 18.3. The summed E-state index contributed by atoms with van der Waals surface area (Å²) < 4.78 is 123. The fourth-order valence-electron chi connectivity index (χ4n) is 13.3. The molecule has 0 radical (unpaired) electrons. The molecule has 5 N–H and O–H groups in total. The van der Waals surface area contributed by atoms with Crippen molar-refractivity contribution >= 4 is 35.5 Å². The first-order valence-corrected chi connectivity index (χ1v) is 32.9. The van der Waals surface area contributed by atoms with Crippen LogP contribution in [-0.2, 0) is 42.7 Å². The summed E-state index contributed by atoms with van der Waals surface area (Å²) in [6.07, 6.45) is 13.8. The molecular weight excluding hydrogens is 1220 g/mol. The number of fused-ring (bicyclic) bond motifs is 2. The van der Waals surface area contributed by atoms with Crippen LogP contribution in [0.15, 0.2) is 65.0 Å². The van der Waals surface area contributed by atoms with E-state index in [0.717, 1.165) is 71.0 Å². The maximum absolute atomic E-state index is 14.0. The summed E-state index contributed by atoms with van der Waals surface area (Å²) in [6, 6.07) is 12.5. The summed E-state index contributed by atoms with van der Waals surface area (Å²) in [7, 11) is 0. The predicted molar refractivity (Wildman–Crippen MR) is 340 cm³/mol. The van der Waals surface area contributed by atoms with Gasteiger partial charge in [-0.25, -0.2) is 31.9 Å². The SMILES string of the molecule is CC(=N)N(C(=N)C1CC2(CCN(c3ncc(OCCOCCOCCOCCOC/C(C=NCCOCCOCCOCCOCCC(=O)Oc4c(F)cc(F)cc4F)=N/N)cn3)CC2)C1)C1CC2CCC1N2CC[C@H](NC(C)C1CCC(F)(F)CC1)c1ccccc1. The Bertz CT molecular complexity index is 2770. The highest BCUT2D eigenvalue weighted by molar-refractivity contribution is 6.31. The number of esters is 1. The number of aliphatic imine (C=N–C) groups is 1. The fourth-order valence-corrected chi connectivity index (χ4v) is 13.3. The van der Waals surface area contributed by atoms with E-state index >= 15 is 0 Å². The van der Waals surface area contributed by atoms with Gasteiger partial charge in [-0.2, -0.15) is 5.10 Å². The molecule has 2 bridgehead atoms. The van der Waals surface area contributed by atoms with Crippen molar-refractivity contribution in [2.45, 2.75) is 133 Å². The Morgan fingerprint density at radius 2 is 1.34 bits per heavy atom. The summed E-state index contributed by atoms with van der Waals surface area (Å²) in [5.41, 5.74) is 1.89. The first-order chi connectivity index (χ1) is 45.1. The number of piperidine rings is 1. The number of carbonyl (C=O) groups excluding carboxylic acids is 1. The van der Waals surface area contributed by atoms with Gasteiger partial charge >= 0.3 is 5.97 Å². The third-order valence-corrected chi connectivity index (χ3v) is 18.3. The van der Waals surface area contributed by atoms with Crippen LogP contribution in [0.1, 0.15) is 109 Å². The number of anilines is 1. The van der Waals surface area contributed by atoms with Gasteiger partial charge in [0.25, 0.3) is 0 Å². The van der Waals surface area contributed by atoms with Crippen LogP contribution < -0.4 is 25.5 Å². The van der Waals surface area contributed by atoms with E-state index < -0.39 is 35.1 Å². The molecule has 2 aromatic carbocycles. The Labute approximate surface area is 543 Å². The van der Waals surface area contributed by atoms with E-state index in [1.807, 2.05) is 13.0 Å². The summed E-state index contributed by atoms with van der Waals surface area (Å²) in [6.45, 7) is 12.3. The standard InChI is InChI=1S/C66H96F5N11O11/c1-47(49-10-14-66(70,71)15-11-49)78-58(50-6-4-3-5-7-50)12-19-81-54-8-9-59(81)60(40-54)82(48(2)72)63(73)51-41-65(42-51)16-20-80(21-17-65)64-76-44-55(45-77-64)92-37-36-90-33-32-88-30-31-89-34-35-91-46-53(79-74)43-75-18-23-85-25-27-87-29-28-86-26-24-84-22-13-61(83)93-62-56(68)38-52(67)39-57(62)69/h3-7,38-39,43-45,47,49,51,54,58-60,72-73,78H,8-37,40-42,46,74H2,1-2H3/b72-48?,73-63?,75-43?,79-53+/t47?,54?,58-,59?,60?/m0/s1. The molecule has 2 aliphatic carbocycles. The molecule has 4 heterocycles. The normalized spacial score (nSPS) is 20.5. The Hall–Kier alpha value is -5.88. The number of nitrogens with two attached hydrogens (primary N) is 1. The lowest BCUT2D eigenvalue weighted by molar-refractivity contribution is -0.136. The average molecular weight is 1310 g/mol. The van der Waals surface area contributed by atoms with Crippen molar-refractivity contribution in [1.82, 2.24) is 25.1 Å². The highest BCUT2D eigenvalue weighted by atomic mass is 19.3. The second-order valence-corrected chi connectivity index (χ2v) is 24.7. The Kier molecular flexibility index (Phi) is 29.8. The van der Waals surface area contributed by atoms with Crippen molar-refractivity contribution in [1.29, 1.82) is 10.8 Å².